The Kier molecular flexibility index (Phi) is 6.29. The van der Waals surface area contributed by atoms with Crippen LogP contribution in [0.5, 0.6) is 0 Å². The Balaban J connectivity index is 1.63. The fourth-order valence-electron chi connectivity index (χ4n) is 3.45. The molecule has 1 atom stereocenters. The highest BCUT2D eigenvalue weighted by molar-refractivity contribution is 5.18. The molecular weight excluding hydrogens is 341 g/mol. The van der Waals surface area contributed by atoms with Crippen molar-refractivity contribution in [3.05, 3.63) is 71.0 Å². The zero-order chi connectivity index (χ0) is 18.5. The third-order valence-corrected chi connectivity index (χ3v) is 4.84. The van der Waals surface area contributed by atoms with E-state index in [4.69, 9.17) is 0 Å². The summed E-state index contributed by atoms with van der Waals surface area (Å²) in [4.78, 5) is 4.47. The molecule has 0 amide bonds. The molecule has 1 heterocycles. The molecule has 1 aliphatic heterocycles. The van der Waals surface area contributed by atoms with E-state index in [1.807, 2.05) is 0 Å². The smallest absolute Gasteiger partial charge is 0.159 e. The Morgan fingerprint density at radius 3 is 2.31 bits per heavy atom. The molecule has 6 heteroatoms. The van der Waals surface area contributed by atoms with Crippen molar-refractivity contribution in [3.8, 4) is 0 Å². The van der Waals surface area contributed by atoms with Gasteiger partial charge in [0.25, 0.3) is 0 Å². The van der Waals surface area contributed by atoms with Crippen LogP contribution in [0.2, 0.25) is 0 Å². The van der Waals surface area contributed by atoms with Crippen molar-refractivity contribution in [2.45, 2.75) is 25.6 Å². The molecule has 2 aromatic carbocycles. The van der Waals surface area contributed by atoms with Gasteiger partial charge in [-0.05, 0) is 41.8 Å². The van der Waals surface area contributed by atoms with Gasteiger partial charge in [0.05, 0.1) is 0 Å². The van der Waals surface area contributed by atoms with Gasteiger partial charge in [-0.25, -0.2) is 13.2 Å². The summed E-state index contributed by atoms with van der Waals surface area (Å²) in [5, 5.41) is 9.39. The minimum absolute atomic E-state index is 0.0728. The molecule has 0 saturated carbocycles. The second-order valence-corrected chi connectivity index (χ2v) is 6.75. The van der Waals surface area contributed by atoms with E-state index in [2.05, 4.69) is 9.80 Å². The van der Waals surface area contributed by atoms with Crippen LogP contribution in [0.4, 0.5) is 13.2 Å². The lowest BCUT2D eigenvalue weighted by Crippen LogP contribution is -2.52. The SMILES string of the molecule is OCCC1CN(Cc2ccc(F)cc2)CCN1Cc1ccc(F)c(F)c1. The van der Waals surface area contributed by atoms with E-state index in [0.29, 0.717) is 13.0 Å². The van der Waals surface area contributed by atoms with Crippen molar-refractivity contribution in [2.24, 2.45) is 0 Å². The van der Waals surface area contributed by atoms with Crippen LogP contribution in [-0.4, -0.2) is 47.2 Å². The van der Waals surface area contributed by atoms with E-state index in [0.717, 1.165) is 43.4 Å². The molecule has 2 aromatic rings. The van der Waals surface area contributed by atoms with Crippen molar-refractivity contribution in [1.82, 2.24) is 9.80 Å². The predicted molar refractivity (Wildman–Crippen MR) is 93.9 cm³/mol. The van der Waals surface area contributed by atoms with Gasteiger partial charge in [0.15, 0.2) is 11.6 Å². The summed E-state index contributed by atoms with van der Waals surface area (Å²) in [5.41, 5.74) is 1.77. The Labute approximate surface area is 151 Å². The number of nitrogens with zero attached hydrogens (tertiary/aromatic N) is 2. The van der Waals surface area contributed by atoms with Gasteiger partial charge in [0, 0.05) is 45.4 Å². The largest absolute Gasteiger partial charge is 0.396 e. The molecule has 0 aromatic heterocycles. The first-order chi connectivity index (χ1) is 12.5. The Bertz CT molecular complexity index is 723. The normalized spacial score (nSPS) is 19.0. The third-order valence-electron chi connectivity index (χ3n) is 4.84. The lowest BCUT2D eigenvalue weighted by Gasteiger charge is -2.41. The Morgan fingerprint density at radius 1 is 0.885 bits per heavy atom. The molecule has 1 fully saturated rings. The molecular formula is C20H23F3N2O. The quantitative estimate of drug-likeness (QED) is 0.853. The van der Waals surface area contributed by atoms with Crippen LogP contribution in [0.1, 0.15) is 17.5 Å². The van der Waals surface area contributed by atoms with Crippen LogP contribution in [0.15, 0.2) is 42.5 Å². The first-order valence-corrected chi connectivity index (χ1v) is 8.81. The number of piperazine rings is 1. The highest BCUT2D eigenvalue weighted by Gasteiger charge is 2.26. The fraction of sp³-hybridized carbons (Fsp3) is 0.400. The molecule has 3 nitrogen and oxygen atoms in total. The average Bonchev–Trinajstić information content (AvgIpc) is 2.62. The van der Waals surface area contributed by atoms with Gasteiger partial charge in [-0.1, -0.05) is 18.2 Å². The van der Waals surface area contributed by atoms with E-state index in [-0.39, 0.29) is 18.5 Å². The second-order valence-electron chi connectivity index (χ2n) is 6.75. The van der Waals surface area contributed by atoms with Gasteiger partial charge in [-0.2, -0.15) is 0 Å². The highest BCUT2D eigenvalue weighted by atomic mass is 19.2. The summed E-state index contributed by atoms with van der Waals surface area (Å²) in [6, 6.07) is 10.6. The molecule has 0 radical (unpaired) electrons. The summed E-state index contributed by atoms with van der Waals surface area (Å²) in [7, 11) is 0. The van der Waals surface area contributed by atoms with Crippen LogP contribution in [0.3, 0.4) is 0 Å². The maximum Gasteiger partial charge on any atom is 0.159 e. The number of rotatable bonds is 6. The molecule has 0 spiro atoms. The summed E-state index contributed by atoms with van der Waals surface area (Å²) >= 11 is 0. The van der Waals surface area contributed by atoms with Crippen molar-refractivity contribution in [3.63, 3.8) is 0 Å². The van der Waals surface area contributed by atoms with Crippen LogP contribution in [-0.2, 0) is 13.1 Å². The number of aliphatic hydroxyl groups is 1. The van der Waals surface area contributed by atoms with Crippen LogP contribution in [0.25, 0.3) is 0 Å². The molecule has 140 valence electrons. The first kappa shape index (κ1) is 18.9. The minimum Gasteiger partial charge on any atom is -0.396 e. The van der Waals surface area contributed by atoms with E-state index < -0.39 is 11.6 Å². The monoisotopic (exact) mass is 364 g/mol. The Hall–Kier alpha value is -1.89. The molecule has 1 N–H and O–H groups in total. The maximum atomic E-state index is 13.4. The van der Waals surface area contributed by atoms with Crippen LogP contribution < -0.4 is 0 Å². The van der Waals surface area contributed by atoms with Crippen molar-refractivity contribution in [2.75, 3.05) is 26.2 Å². The van der Waals surface area contributed by atoms with Crippen molar-refractivity contribution < 1.29 is 18.3 Å². The fourth-order valence-corrected chi connectivity index (χ4v) is 3.45. The topological polar surface area (TPSA) is 26.7 Å². The zero-order valence-corrected chi connectivity index (χ0v) is 14.5. The standard InChI is InChI=1S/C20H23F3N2O/c21-17-4-1-15(2-5-17)12-24-8-9-25(18(14-24)7-10-26)13-16-3-6-19(22)20(23)11-16/h1-6,11,18,26H,7-10,12-14H2. The number of hydrogen-bond donors (Lipinski definition) is 1. The molecule has 3 rings (SSSR count). The van der Waals surface area contributed by atoms with Gasteiger partial charge >= 0.3 is 0 Å². The summed E-state index contributed by atoms with van der Waals surface area (Å²) in [6.45, 7) is 3.67. The third kappa shape index (κ3) is 4.84. The van der Waals surface area contributed by atoms with Crippen molar-refractivity contribution >= 4 is 0 Å². The lowest BCUT2D eigenvalue weighted by molar-refractivity contribution is 0.0499. The van der Waals surface area contributed by atoms with Gasteiger partial charge in [-0.3, -0.25) is 9.80 Å². The van der Waals surface area contributed by atoms with Crippen LogP contribution in [0, 0.1) is 17.5 Å². The van der Waals surface area contributed by atoms with Crippen LogP contribution >= 0.6 is 0 Å². The number of aliphatic hydroxyl groups excluding tert-OH is 1. The molecule has 1 unspecified atom stereocenters. The van der Waals surface area contributed by atoms with Gasteiger partial charge in [-0.15, -0.1) is 0 Å². The molecule has 1 aliphatic rings. The number of benzene rings is 2. The minimum atomic E-state index is -0.843. The molecule has 1 saturated heterocycles. The van der Waals surface area contributed by atoms with Gasteiger partial charge in [0.2, 0.25) is 0 Å². The number of hydrogen-bond acceptors (Lipinski definition) is 3. The van der Waals surface area contributed by atoms with E-state index >= 15 is 0 Å². The maximum absolute atomic E-state index is 13.4. The molecule has 26 heavy (non-hydrogen) atoms. The zero-order valence-electron chi connectivity index (χ0n) is 14.5. The highest BCUT2D eigenvalue weighted by Crippen LogP contribution is 2.19. The average molecular weight is 364 g/mol. The second kappa shape index (κ2) is 8.66. The number of halogens is 3. The predicted octanol–water partition coefficient (Wildman–Crippen LogP) is 3.17. The summed E-state index contributed by atoms with van der Waals surface area (Å²) in [5.74, 6) is -1.93. The Morgan fingerprint density at radius 2 is 1.62 bits per heavy atom. The summed E-state index contributed by atoms with van der Waals surface area (Å²) in [6.07, 6.45) is 0.615. The lowest BCUT2D eigenvalue weighted by atomic mass is 10.1. The van der Waals surface area contributed by atoms with Gasteiger partial charge < -0.3 is 5.11 Å². The van der Waals surface area contributed by atoms with E-state index in [1.165, 1.54) is 18.2 Å². The molecule has 0 aliphatic carbocycles. The van der Waals surface area contributed by atoms with E-state index in [9.17, 15) is 18.3 Å². The summed E-state index contributed by atoms with van der Waals surface area (Å²) < 4.78 is 39.6. The first-order valence-electron chi connectivity index (χ1n) is 8.81. The van der Waals surface area contributed by atoms with Gasteiger partial charge in [0.1, 0.15) is 5.82 Å². The molecule has 0 bridgehead atoms. The van der Waals surface area contributed by atoms with E-state index in [1.54, 1.807) is 18.2 Å². The van der Waals surface area contributed by atoms with Crippen molar-refractivity contribution in [1.29, 1.82) is 0 Å².